The summed E-state index contributed by atoms with van der Waals surface area (Å²) in [7, 11) is 0. The predicted octanol–water partition coefficient (Wildman–Crippen LogP) is 3.25. The Kier molecular flexibility index (Phi) is 8.41. The molecular weight excluding hydrogens is 381 g/mol. The van der Waals surface area contributed by atoms with Gasteiger partial charge in [0.1, 0.15) is 0 Å². The van der Waals surface area contributed by atoms with Crippen molar-refractivity contribution in [2.24, 2.45) is 17.6 Å². The van der Waals surface area contributed by atoms with Gasteiger partial charge in [-0.3, -0.25) is 9.69 Å². The highest BCUT2D eigenvalue weighted by atomic mass is 35.5. The molecule has 4 nitrogen and oxygen atoms in total. The summed E-state index contributed by atoms with van der Waals surface area (Å²) in [6.07, 6.45) is 7.19. The summed E-state index contributed by atoms with van der Waals surface area (Å²) in [5.41, 5.74) is 8.37. The quantitative estimate of drug-likeness (QED) is 0.778. The van der Waals surface area contributed by atoms with Gasteiger partial charge in [-0.15, -0.1) is 24.8 Å². The molecule has 2 atom stereocenters. The van der Waals surface area contributed by atoms with E-state index in [2.05, 4.69) is 34.1 Å². The molecule has 1 saturated carbocycles. The third-order valence-electron chi connectivity index (χ3n) is 6.38. The van der Waals surface area contributed by atoms with Crippen molar-refractivity contribution in [1.29, 1.82) is 0 Å². The first-order chi connectivity index (χ1) is 12.2. The smallest absolute Gasteiger partial charge is 0.227 e. The minimum Gasteiger partial charge on any atom is -0.338 e. The number of piperidine rings is 1. The zero-order valence-electron chi connectivity index (χ0n) is 16.0. The number of hydrogen-bond acceptors (Lipinski definition) is 3. The van der Waals surface area contributed by atoms with Crippen molar-refractivity contribution < 1.29 is 4.79 Å². The molecule has 2 bridgehead atoms. The lowest BCUT2D eigenvalue weighted by atomic mass is 9.83. The van der Waals surface area contributed by atoms with Crippen LogP contribution in [0, 0.1) is 11.8 Å². The van der Waals surface area contributed by atoms with E-state index in [9.17, 15) is 4.79 Å². The Balaban J connectivity index is 0.00000131. The van der Waals surface area contributed by atoms with Crippen LogP contribution in [-0.4, -0.2) is 47.9 Å². The molecule has 27 heavy (non-hydrogen) atoms. The fourth-order valence-electron chi connectivity index (χ4n) is 4.76. The summed E-state index contributed by atoms with van der Waals surface area (Å²) in [4.78, 5) is 17.7. The fourth-order valence-corrected chi connectivity index (χ4v) is 4.76. The third kappa shape index (κ3) is 5.17. The zero-order chi connectivity index (χ0) is 17.2. The molecule has 2 N–H and O–H groups in total. The minimum atomic E-state index is 0. The van der Waals surface area contributed by atoms with Crippen molar-refractivity contribution in [3.8, 4) is 0 Å². The first-order valence-corrected chi connectivity index (χ1v) is 10.0. The molecule has 6 heteroatoms. The summed E-state index contributed by atoms with van der Waals surface area (Å²) in [5.74, 6) is 1.42. The molecule has 1 aromatic carbocycles. The van der Waals surface area contributed by atoms with Gasteiger partial charge in [0.05, 0.1) is 5.92 Å². The molecule has 0 spiro atoms. The standard InChI is InChI=1S/C21H31N3O.2ClH/c22-10-9-16-3-1-6-18(11-16)12-23-14-19-7-8-20(15-23)24(21(19)25)13-17-4-2-5-17;;/h1,3,6,11,17,19-20H,2,4-5,7-10,12-15,22H2;2*1H/t19-,20+;;/m0../s1. The second kappa shape index (κ2) is 10.1. The van der Waals surface area contributed by atoms with Crippen LogP contribution in [0.1, 0.15) is 43.2 Å². The number of halogens is 2. The maximum atomic E-state index is 12.9. The lowest BCUT2D eigenvalue weighted by Gasteiger charge is -2.40. The molecule has 3 saturated heterocycles. The maximum absolute atomic E-state index is 12.9. The van der Waals surface area contributed by atoms with Crippen LogP contribution in [0.5, 0.6) is 0 Å². The molecule has 4 fully saturated rings. The Morgan fingerprint density at radius 2 is 1.81 bits per heavy atom. The van der Waals surface area contributed by atoms with Crippen molar-refractivity contribution in [2.75, 3.05) is 26.2 Å². The number of fused-ring (bicyclic) bond motifs is 4. The van der Waals surface area contributed by atoms with E-state index < -0.39 is 0 Å². The second-order valence-corrected chi connectivity index (χ2v) is 8.27. The molecule has 152 valence electrons. The van der Waals surface area contributed by atoms with Crippen LogP contribution < -0.4 is 5.73 Å². The van der Waals surface area contributed by atoms with Crippen molar-refractivity contribution in [1.82, 2.24) is 9.80 Å². The molecular formula is C21H33Cl2N3O. The maximum Gasteiger partial charge on any atom is 0.227 e. The number of benzene rings is 1. The van der Waals surface area contributed by atoms with Gasteiger partial charge in [-0.05, 0) is 55.7 Å². The van der Waals surface area contributed by atoms with Gasteiger partial charge in [-0.25, -0.2) is 0 Å². The van der Waals surface area contributed by atoms with Crippen LogP contribution >= 0.6 is 24.8 Å². The third-order valence-corrected chi connectivity index (χ3v) is 6.38. The van der Waals surface area contributed by atoms with Crippen LogP contribution in [0.2, 0.25) is 0 Å². The van der Waals surface area contributed by atoms with Gasteiger partial charge in [0.25, 0.3) is 0 Å². The molecule has 1 amide bonds. The van der Waals surface area contributed by atoms with Gasteiger partial charge >= 0.3 is 0 Å². The molecule has 1 aliphatic carbocycles. The Labute approximate surface area is 175 Å². The van der Waals surface area contributed by atoms with Crippen LogP contribution in [0.4, 0.5) is 0 Å². The van der Waals surface area contributed by atoms with Gasteiger partial charge in [-0.2, -0.15) is 0 Å². The van der Waals surface area contributed by atoms with Crippen LogP contribution in [-0.2, 0) is 17.8 Å². The number of nitrogens with zero attached hydrogens (tertiary/aromatic N) is 2. The number of amides is 1. The van der Waals surface area contributed by atoms with E-state index in [0.29, 0.717) is 18.5 Å². The molecule has 5 rings (SSSR count). The largest absolute Gasteiger partial charge is 0.338 e. The van der Waals surface area contributed by atoms with E-state index in [1.807, 2.05) is 0 Å². The number of rotatable bonds is 6. The van der Waals surface area contributed by atoms with Crippen molar-refractivity contribution in [3.63, 3.8) is 0 Å². The van der Waals surface area contributed by atoms with Gasteiger partial charge in [0, 0.05) is 32.2 Å². The van der Waals surface area contributed by atoms with E-state index in [4.69, 9.17) is 5.73 Å². The van der Waals surface area contributed by atoms with Crippen molar-refractivity contribution >= 4 is 30.7 Å². The Hall–Kier alpha value is -0.810. The summed E-state index contributed by atoms with van der Waals surface area (Å²) in [5, 5.41) is 0. The van der Waals surface area contributed by atoms with Crippen molar-refractivity contribution in [2.45, 2.75) is 51.1 Å². The average Bonchev–Trinajstić information content (AvgIpc) is 2.82. The van der Waals surface area contributed by atoms with Crippen LogP contribution in [0.3, 0.4) is 0 Å². The minimum absolute atomic E-state index is 0. The number of carbonyl (C=O) groups excluding carboxylic acids is 1. The summed E-state index contributed by atoms with van der Waals surface area (Å²) < 4.78 is 0. The average molecular weight is 414 g/mol. The Morgan fingerprint density at radius 3 is 2.52 bits per heavy atom. The zero-order valence-corrected chi connectivity index (χ0v) is 17.6. The summed E-state index contributed by atoms with van der Waals surface area (Å²) in [6.45, 7) is 4.63. The van der Waals surface area contributed by atoms with Crippen LogP contribution in [0.25, 0.3) is 0 Å². The molecule has 3 heterocycles. The highest BCUT2D eigenvalue weighted by Crippen LogP contribution is 2.34. The van der Waals surface area contributed by atoms with Gasteiger partial charge < -0.3 is 10.6 Å². The van der Waals surface area contributed by atoms with Crippen LogP contribution in [0.15, 0.2) is 24.3 Å². The van der Waals surface area contributed by atoms with E-state index in [1.165, 1.54) is 36.8 Å². The fraction of sp³-hybridized carbons (Fsp3) is 0.667. The SMILES string of the molecule is Cl.Cl.NCCc1cccc(CN2C[C@@H]3CC[C@H](C2)N(CC2CCC2)C3=O)c1. The summed E-state index contributed by atoms with van der Waals surface area (Å²) in [6, 6.07) is 9.22. The lowest BCUT2D eigenvalue weighted by Crippen LogP contribution is -2.50. The van der Waals surface area contributed by atoms with Crippen molar-refractivity contribution in [3.05, 3.63) is 35.4 Å². The normalized spacial score (nSPS) is 25.4. The van der Waals surface area contributed by atoms with E-state index >= 15 is 0 Å². The van der Waals surface area contributed by atoms with E-state index in [-0.39, 0.29) is 30.7 Å². The molecule has 0 aromatic heterocycles. The van der Waals surface area contributed by atoms with Gasteiger partial charge in [0.2, 0.25) is 5.91 Å². The van der Waals surface area contributed by atoms with E-state index in [1.54, 1.807) is 0 Å². The first kappa shape index (κ1) is 22.5. The Morgan fingerprint density at radius 1 is 1.04 bits per heavy atom. The molecule has 0 radical (unpaired) electrons. The molecule has 1 aromatic rings. The highest BCUT2D eigenvalue weighted by Gasteiger charge is 2.41. The first-order valence-electron chi connectivity index (χ1n) is 10.0. The number of nitrogens with two attached hydrogens (primary N) is 1. The summed E-state index contributed by atoms with van der Waals surface area (Å²) >= 11 is 0. The molecule has 4 aliphatic rings. The second-order valence-electron chi connectivity index (χ2n) is 8.27. The van der Waals surface area contributed by atoms with E-state index in [0.717, 1.165) is 44.9 Å². The predicted molar refractivity (Wildman–Crippen MR) is 115 cm³/mol. The number of carbonyl (C=O) groups is 1. The molecule has 3 aliphatic heterocycles. The lowest BCUT2D eigenvalue weighted by molar-refractivity contribution is -0.141. The number of hydrogen-bond donors (Lipinski definition) is 1. The Bertz CT molecular complexity index is 623. The molecule has 0 unspecified atom stereocenters. The van der Waals surface area contributed by atoms with Gasteiger partial charge in [0.15, 0.2) is 0 Å². The topological polar surface area (TPSA) is 49.6 Å². The van der Waals surface area contributed by atoms with Gasteiger partial charge in [-0.1, -0.05) is 30.7 Å². The highest BCUT2D eigenvalue weighted by molar-refractivity contribution is 5.85. The monoisotopic (exact) mass is 413 g/mol.